The number of halogens is 3. The third kappa shape index (κ3) is 3.87. The molecular weight excluding hydrogens is 225 g/mol. The first-order valence-electron chi connectivity index (χ1n) is 4.08. The van der Waals surface area contributed by atoms with Crippen LogP contribution in [0.15, 0.2) is 24.3 Å². The van der Waals surface area contributed by atoms with Crippen LogP contribution in [0.5, 0.6) is 0 Å². The summed E-state index contributed by atoms with van der Waals surface area (Å²) in [5.41, 5.74) is 0.754. The predicted octanol–water partition coefficient (Wildman–Crippen LogP) is 0.917. The monoisotopic (exact) mass is 236 g/mol. The molecule has 0 aliphatic carbocycles. The number of nitrogens with two attached hydrogens (primary N) is 1. The summed E-state index contributed by atoms with van der Waals surface area (Å²) in [7, 11) is 1.00. The first-order chi connectivity index (χ1) is 7.45. The van der Waals surface area contributed by atoms with Gasteiger partial charge in [0, 0.05) is 12.7 Å². The SMILES string of the molecule is CO.NNC(=O)c1cccc(C(F)(F)F)c1. The van der Waals surface area contributed by atoms with Gasteiger partial charge in [0.25, 0.3) is 5.91 Å². The van der Waals surface area contributed by atoms with Crippen LogP contribution < -0.4 is 11.3 Å². The van der Waals surface area contributed by atoms with Gasteiger partial charge in [-0.15, -0.1) is 0 Å². The zero-order valence-electron chi connectivity index (χ0n) is 8.38. The largest absolute Gasteiger partial charge is 0.416 e. The molecule has 0 fully saturated rings. The first kappa shape index (κ1) is 14.4. The van der Waals surface area contributed by atoms with Crippen molar-refractivity contribution in [3.63, 3.8) is 0 Å². The van der Waals surface area contributed by atoms with Crippen LogP contribution in [-0.4, -0.2) is 18.1 Å². The Labute approximate surface area is 89.8 Å². The molecule has 4 nitrogen and oxygen atoms in total. The average molecular weight is 236 g/mol. The van der Waals surface area contributed by atoms with E-state index >= 15 is 0 Å². The second-order valence-electron chi connectivity index (χ2n) is 2.55. The molecule has 90 valence electrons. The Kier molecular flexibility index (Phi) is 5.48. The summed E-state index contributed by atoms with van der Waals surface area (Å²) in [6.07, 6.45) is -4.45. The Balaban J connectivity index is 0.00000106. The number of carbonyl (C=O) groups excluding carboxylic acids is 1. The zero-order valence-corrected chi connectivity index (χ0v) is 8.38. The quantitative estimate of drug-likeness (QED) is 0.385. The minimum Gasteiger partial charge on any atom is -0.400 e. The number of nitrogens with one attached hydrogen (secondary N) is 1. The fraction of sp³-hybridized carbons (Fsp3) is 0.222. The van der Waals surface area contributed by atoms with Crippen molar-refractivity contribution in [2.45, 2.75) is 6.18 Å². The van der Waals surface area contributed by atoms with Gasteiger partial charge in [0.05, 0.1) is 5.56 Å². The minimum absolute atomic E-state index is 0.123. The van der Waals surface area contributed by atoms with Gasteiger partial charge in [-0.25, -0.2) is 5.84 Å². The van der Waals surface area contributed by atoms with E-state index in [-0.39, 0.29) is 5.56 Å². The molecule has 0 radical (unpaired) electrons. The minimum atomic E-state index is -4.45. The second kappa shape index (κ2) is 6.09. The summed E-state index contributed by atoms with van der Waals surface area (Å²) >= 11 is 0. The van der Waals surface area contributed by atoms with Crippen molar-refractivity contribution < 1.29 is 23.1 Å². The molecule has 0 atom stereocenters. The van der Waals surface area contributed by atoms with Crippen molar-refractivity contribution in [1.29, 1.82) is 0 Å². The van der Waals surface area contributed by atoms with E-state index < -0.39 is 17.6 Å². The van der Waals surface area contributed by atoms with Gasteiger partial charge in [-0.05, 0) is 18.2 Å². The number of nitrogen functional groups attached to an aromatic ring is 1. The van der Waals surface area contributed by atoms with E-state index in [1.165, 1.54) is 6.07 Å². The van der Waals surface area contributed by atoms with E-state index in [0.29, 0.717) is 0 Å². The standard InChI is InChI=1S/C8H7F3N2O.CH4O/c9-8(10,11)6-3-1-2-5(4-6)7(14)13-12;1-2/h1-4H,12H2,(H,13,14);2H,1H3. The number of alkyl halides is 3. The number of rotatable bonds is 1. The molecule has 1 rings (SSSR count). The number of hydrazine groups is 1. The van der Waals surface area contributed by atoms with Crippen molar-refractivity contribution in [1.82, 2.24) is 5.43 Å². The molecule has 16 heavy (non-hydrogen) atoms. The van der Waals surface area contributed by atoms with Crippen LogP contribution in [0.4, 0.5) is 13.2 Å². The molecule has 1 amide bonds. The van der Waals surface area contributed by atoms with Gasteiger partial charge < -0.3 is 5.11 Å². The van der Waals surface area contributed by atoms with Crippen LogP contribution in [0.3, 0.4) is 0 Å². The Bertz CT molecular complexity index is 353. The smallest absolute Gasteiger partial charge is 0.400 e. The second-order valence-corrected chi connectivity index (χ2v) is 2.55. The van der Waals surface area contributed by atoms with Crippen LogP contribution >= 0.6 is 0 Å². The first-order valence-corrected chi connectivity index (χ1v) is 4.08. The van der Waals surface area contributed by atoms with Crippen LogP contribution in [0.25, 0.3) is 0 Å². The highest BCUT2D eigenvalue weighted by molar-refractivity contribution is 5.93. The van der Waals surface area contributed by atoms with Gasteiger partial charge in [0.1, 0.15) is 0 Å². The topological polar surface area (TPSA) is 75.3 Å². The number of aliphatic hydroxyl groups excluding tert-OH is 1. The highest BCUT2D eigenvalue weighted by Gasteiger charge is 2.30. The highest BCUT2D eigenvalue weighted by atomic mass is 19.4. The molecule has 1 aromatic carbocycles. The van der Waals surface area contributed by atoms with Gasteiger partial charge in [-0.1, -0.05) is 6.07 Å². The lowest BCUT2D eigenvalue weighted by atomic mass is 10.1. The molecule has 0 aliphatic rings. The third-order valence-corrected chi connectivity index (χ3v) is 1.58. The average Bonchev–Trinajstić information content (AvgIpc) is 2.30. The molecule has 7 heteroatoms. The van der Waals surface area contributed by atoms with Gasteiger partial charge in [-0.3, -0.25) is 10.2 Å². The summed E-state index contributed by atoms with van der Waals surface area (Å²) in [4.78, 5) is 10.9. The van der Waals surface area contributed by atoms with Gasteiger partial charge in [0.15, 0.2) is 0 Å². The van der Waals surface area contributed by atoms with Crippen molar-refractivity contribution in [2.24, 2.45) is 5.84 Å². The van der Waals surface area contributed by atoms with Gasteiger partial charge in [0.2, 0.25) is 0 Å². The summed E-state index contributed by atoms with van der Waals surface area (Å²) in [6.45, 7) is 0. The molecule has 0 heterocycles. The van der Waals surface area contributed by atoms with Crippen LogP contribution in [-0.2, 0) is 6.18 Å². The van der Waals surface area contributed by atoms with E-state index in [0.717, 1.165) is 25.3 Å². The predicted molar refractivity (Wildman–Crippen MR) is 51.2 cm³/mol. The summed E-state index contributed by atoms with van der Waals surface area (Å²) in [6, 6.07) is 4.01. The lowest BCUT2D eigenvalue weighted by molar-refractivity contribution is -0.137. The normalized spacial score (nSPS) is 10.1. The number of benzene rings is 1. The maximum absolute atomic E-state index is 12.2. The summed E-state index contributed by atoms with van der Waals surface area (Å²) < 4.78 is 36.5. The van der Waals surface area contributed by atoms with Crippen molar-refractivity contribution in [3.05, 3.63) is 35.4 Å². The Morgan fingerprint density at radius 3 is 2.38 bits per heavy atom. The molecule has 0 aromatic heterocycles. The van der Waals surface area contributed by atoms with Crippen molar-refractivity contribution in [3.8, 4) is 0 Å². The Hall–Kier alpha value is -1.60. The van der Waals surface area contributed by atoms with E-state index in [4.69, 9.17) is 10.9 Å². The van der Waals surface area contributed by atoms with Crippen molar-refractivity contribution >= 4 is 5.91 Å². The molecule has 0 unspecified atom stereocenters. The van der Waals surface area contributed by atoms with Gasteiger partial charge in [-0.2, -0.15) is 13.2 Å². The number of hydrogen-bond donors (Lipinski definition) is 3. The van der Waals surface area contributed by atoms with E-state index in [2.05, 4.69) is 0 Å². The molecule has 1 aromatic rings. The number of aliphatic hydroxyl groups is 1. The molecular formula is C9H11F3N2O2. The van der Waals surface area contributed by atoms with Crippen LogP contribution in [0.1, 0.15) is 15.9 Å². The lowest BCUT2D eigenvalue weighted by Gasteiger charge is -2.07. The fourth-order valence-corrected chi connectivity index (χ4v) is 0.920. The van der Waals surface area contributed by atoms with E-state index in [1.54, 1.807) is 5.43 Å². The lowest BCUT2D eigenvalue weighted by Crippen LogP contribution is -2.30. The zero-order chi connectivity index (χ0) is 12.8. The molecule has 4 N–H and O–H groups in total. The van der Waals surface area contributed by atoms with Gasteiger partial charge >= 0.3 is 6.18 Å². The number of hydrogen-bond acceptors (Lipinski definition) is 3. The van der Waals surface area contributed by atoms with Crippen molar-refractivity contribution in [2.75, 3.05) is 7.11 Å². The van der Waals surface area contributed by atoms with Crippen LogP contribution in [0, 0.1) is 0 Å². The van der Waals surface area contributed by atoms with Crippen LogP contribution in [0.2, 0.25) is 0 Å². The van der Waals surface area contributed by atoms with E-state index in [1.807, 2.05) is 0 Å². The van der Waals surface area contributed by atoms with E-state index in [9.17, 15) is 18.0 Å². The third-order valence-electron chi connectivity index (χ3n) is 1.58. The number of carbonyl (C=O) groups is 1. The molecule has 0 bridgehead atoms. The molecule has 0 spiro atoms. The maximum atomic E-state index is 12.2. The summed E-state index contributed by atoms with van der Waals surface area (Å²) in [5.74, 6) is 4.03. The number of amides is 1. The molecule has 0 saturated heterocycles. The fourth-order valence-electron chi connectivity index (χ4n) is 0.920. The Morgan fingerprint density at radius 2 is 1.94 bits per heavy atom. The Morgan fingerprint density at radius 1 is 1.38 bits per heavy atom. The highest BCUT2D eigenvalue weighted by Crippen LogP contribution is 2.29. The maximum Gasteiger partial charge on any atom is 0.416 e. The molecule has 0 aliphatic heterocycles. The summed E-state index contributed by atoms with van der Waals surface area (Å²) in [5, 5.41) is 7.00. The molecule has 0 saturated carbocycles.